The van der Waals surface area contributed by atoms with E-state index in [-0.39, 0.29) is 29.9 Å². The number of anilines is 1. The molecule has 0 radical (unpaired) electrons. The van der Waals surface area contributed by atoms with Crippen molar-refractivity contribution in [2.24, 2.45) is 7.05 Å². The van der Waals surface area contributed by atoms with E-state index in [1.54, 1.807) is 23.7 Å². The van der Waals surface area contributed by atoms with Crippen molar-refractivity contribution in [2.75, 3.05) is 58.2 Å². The van der Waals surface area contributed by atoms with Crippen molar-refractivity contribution in [1.82, 2.24) is 39.3 Å². The Kier molecular flexibility index (Phi) is 11.0. The first-order chi connectivity index (χ1) is 27.2. The number of amides is 2. The molecule has 3 aliphatic rings. The van der Waals surface area contributed by atoms with Gasteiger partial charge in [0.2, 0.25) is 11.8 Å². The lowest BCUT2D eigenvalue weighted by molar-refractivity contribution is -0.135. The molecule has 292 valence electrons. The summed E-state index contributed by atoms with van der Waals surface area (Å²) >= 11 is 0. The zero-order valence-electron chi connectivity index (χ0n) is 31.8. The van der Waals surface area contributed by atoms with Gasteiger partial charge in [-0.3, -0.25) is 33.8 Å². The molecule has 0 aliphatic carbocycles. The molecule has 0 bridgehead atoms. The Morgan fingerprint density at radius 3 is 2.36 bits per heavy atom. The number of aromatic hydroxyl groups is 1. The molecule has 5 aromatic rings. The minimum Gasteiger partial charge on any atom is -0.507 e. The predicted octanol–water partition coefficient (Wildman–Crippen LogP) is 3.53. The summed E-state index contributed by atoms with van der Waals surface area (Å²) in [7, 11) is 1.73. The number of hydrogen-bond acceptors (Lipinski definition) is 11. The number of hydrogen-bond donors (Lipinski definition) is 3. The average molecular weight is 760 g/mol. The molecule has 8 rings (SSSR count). The van der Waals surface area contributed by atoms with Gasteiger partial charge in [0.1, 0.15) is 11.8 Å². The molecule has 3 aliphatic heterocycles. The second-order valence-electron chi connectivity index (χ2n) is 15.2. The molecule has 3 fully saturated rings. The zero-order valence-corrected chi connectivity index (χ0v) is 31.8. The monoisotopic (exact) mass is 759 g/mol. The van der Waals surface area contributed by atoms with Crippen molar-refractivity contribution in [2.45, 2.75) is 50.9 Å². The Morgan fingerprint density at radius 1 is 0.821 bits per heavy atom. The van der Waals surface area contributed by atoms with Crippen molar-refractivity contribution in [3.63, 3.8) is 0 Å². The number of nitrogens with two attached hydrogens (primary N) is 1. The first-order valence-electron chi connectivity index (χ1n) is 19.5. The van der Waals surface area contributed by atoms with Crippen LogP contribution in [0.2, 0.25) is 0 Å². The molecule has 5 heterocycles. The minimum atomic E-state index is -0.682. The summed E-state index contributed by atoms with van der Waals surface area (Å²) in [6, 6.07) is 22.7. The SMILES string of the molecule is Cn1c(=O)n(C2CCC(=O)NC2=O)c2ccc(CN3CC[C@@H](OCCCN4CCN(Cc5ccc(-c6cc(-c7ccccc7O)nnc6N)cc5)CC4)C3)cc21. The number of carbonyl (C=O) groups excluding carboxylic acids is 2. The lowest BCUT2D eigenvalue weighted by Gasteiger charge is -2.34. The Balaban J connectivity index is 0.754. The van der Waals surface area contributed by atoms with Crippen LogP contribution < -0.4 is 16.7 Å². The van der Waals surface area contributed by atoms with Crippen molar-refractivity contribution in [1.29, 1.82) is 0 Å². The van der Waals surface area contributed by atoms with Crippen LogP contribution in [0.4, 0.5) is 5.82 Å². The van der Waals surface area contributed by atoms with Crippen molar-refractivity contribution in [3.8, 4) is 28.1 Å². The Bertz CT molecular complexity index is 2280. The maximum absolute atomic E-state index is 13.1. The lowest BCUT2D eigenvalue weighted by atomic mass is 10.0. The molecule has 3 saturated heterocycles. The number of nitrogen functional groups attached to an aromatic ring is 1. The number of phenols is 1. The quantitative estimate of drug-likeness (QED) is 0.126. The van der Waals surface area contributed by atoms with Gasteiger partial charge in [-0.1, -0.05) is 42.5 Å². The van der Waals surface area contributed by atoms with Crippen LogP contribution in [-0.4, -0.2) is 109 Å². The molecule has 4 N–H and O–H groups in total. The molecule has 14 nitrogen and oxygen atoms in total. The van der Waals surface area contributed by atoms with Gasteiger partial charge in [0.05, 0.1) is 22.8 Å². The predicted molar refractivity (Wildman–Crippen MR) is 214 cm³/mol. The number of aryl methyl sites for hydroxylation is 1. The smallest absolute Gasteiger partial charge is 0.329 e. The fraction of sp³-hybridized carbons (Fsp3) is 0.405. The van der Waals surface area contributed by atoms with Gasteiger partial charge in [-0.25, -0.2) is 4.79 Å². The third-order valence-electron chi connectivity index (χ3n) is 11.4. The van der Waals surface area contributed by atoms with Gasteiger partial charge in [0, 0.05) is 90.1 Å². The number of imide groups is 1. The Morgan fingerprint density at radius 2 is 1.57 bits per heavy atom. The van der Waals surface area contributed by atoms with Gasteiger partial charge in [0.25, 0.3) is 0 Å². The highest BCUT2D eigenvalue weighted by Gasteiger charge is 2.31. The van der Waals surface area contributed by atoms with Crippen LogP contribution in [0.3, 0.4) is 0 Å². The number of para-hydroxylation sites is 1. The van der Waals surface area contributed by atoms with Gasteiger partial charge in [-0.05, 0) is 66.3 Å². The topological polar surface area (TPSA) is 164 Å². The van der Waals surface area contributed by atoms with Crippen LogP contribution in [0, 0.1) is 0 Å². The number of likely N-dealkylation sites (tertiary alicyclic amines) is 1. The molecule has 0 spiro atoms. The van der Waals surface area contributed by atoms with Crippen molar-refractivity contribution < 1.29 is 19.4 Å². The maximum Gasteiger partial charge on any atom is 0.329 e. The number of ether oxygens (including phenoxy) is 1. The second kappa shape index (κ2) is 16.4. The lowest BCUT2D eigenvalue weighted by Crippen LogP contribution is -2.46. The Hall–Kier alpha value is -5.41. The third kappa shape index (κ3) is 8.10. The number of nitrogens with zero attached hydrogens (tertiary/aromatic N) is 7. The van der Waals surface area contributed by atoms with E-state index < -0.39 is 11.9 Å². The molecule has 14 heteroatoms. The fourth-order valence-electron chi connectivity index (χ4n) is 8.28. The van der Waals surface area contributed by atoms with E-state index in [1.807, 2.05) is 36.4 Å². The molecule has 1 unspecified atom stereocenters. The summed E-state index contributed by atoms with van der Waals surface area (Å²) in [5, 5.41) is 21.0. The van der Waals surface area contributed by atoms with Crippen LogP contribution in [-0.2, 0) is 34.5 Å². The van der Waals surface area contributed by atoms with Crippen molar-refractivity contribution >= 4 is 28.7 Å². The number of phenolic OH excluding ortho intramolecular Hbond substituents is 1. The largest absolute Gasteiger partial charge is 0.507 e. The summed E-state index contributed by atoms with van der Waals surface area (Å²) in [5.74, 6) is -0.208. The standard InChI is InChI=1S/C42H49N9O5/c1-47-37-23-29(9-12-35(37)51(42(47)55)36-13-14-39(53)44-41(36)54)26-50-17-15-31(27-50)56-22-4-16-48-18-20-49(21-19-48)25-28-7-10-30(11-8-28)33-24-34(45-46-40(33)43)32-5-2-3-6-38(32)52/h2-3,5-12,23-24,31,36,52H,4,13-22,25-27H2,1H3,(H2,43,46)(H,44,53,54)/t31-,36?/m1/s1. The minimum absolute atomic E-state index is 0.154. The molecule has 56 heavy (non-hydrogen) atoms. The zero-order chi connectivity index (χ0) is 38.8. The van der Waals surface area contributed by atoms with Gasteiger partial charge in [0.15, 0.2) is 5.82 Å². The summed E-state index contributed by atoms with van der Waals surface area (Å²) in [6.07, 6.45) is 2.76. The number of imidazole rings is 1. The van der Waals surface area contributed by atoms with Crippen LogP contribution >= 0.6 is 0 Å². The number of piperazine rings is 1. The van der Waals surface area contributed by atoms with E-state index in [2.05, 4.69) is 54.5 Å². The van der Waals surface area contributed by atoms with Gasteiger partial charge in [-0.2, -0.15) is 0 Å². The summed E-state index contributed by atoms with van der Waals surface area (Å²) in [6.45, 7) is 9.38. The number of rotatable bonds is 12. The molecule has 2 amide bonds. The highest BCUT2D eigenvalue weighted by atomic mass is 16.5. The van der Waals surface area contributed by atoms with Crippen LogP contribution in [0.5, 0.6) is 5.75 Å². The average Bonchev–Trinajstić information content (AvgIpc) is 3.75. The molecular formula is C42H49N9O5. The van der Waals surface area contributed by atoms with E-state index in [9.17, 15) is 19.5 Å². The van der Waals surface area contributed by atoms with Gasteiger partial charge >= 0.3 is 5.69 Å². The van der Waals surface area contributed by atoms with Crippen molar-refractivity contribution in [3.05, 3.63) is 94.4 Å². The number of carbonyl (C=O) groups is 2. The molecule has 2 atom stereocenters. The van der Waals surface area contributed by atoms with E-state index in [0.717, 1.165) is 101 Å². The third-order valence-corrected chi connectivity index (χ3v) is 11.4. The first kappa shape index (κ1) is 37.5. The van der Waals surface area contributed by atoms with Gasteiger partial charge in [-0.15, -0.1) is 10.2 Å². The Labute approximate surface area is 325 Å². The molecule has 2 aromatic heterocycles. The normalized spacial score (nSPS) is 19.9. The van der Waals surface area contributed by atoms with E-state index in [0.29, 0.717) is 29.0 Å². The number of piperidine rings is 1. The fourth-order valence-corrected chi connectivity index (χ4v) is 8.28. The molecule has 3 aromatic carbocycles. The summed E-state index contributed by atoms with van der Waals surface area (Å²) < 4.78 is 9.44. The van der Waals surface area contributed by atoms with Crippen LogP contribution in [0.15, 0.2) is 77.6 Å². The van der Waals surface area contributed by atoms with E-state index >= 15 is 0 Å². The maximum atomic E-state index is 13.1. The highest BCUT2D eigenvalue weighted by Crippen LogP contribution is 2.32. The molecule has 0 saturated carbocycles. The second-order valence-corrected chi connectivity index (χ2v) is 15.2. The summed E-state index contributed by atoms with van der Waals surface area (Å²) in [4.78, 5) is 44.8. The first-order valence-corrected chi connectivity index (χ1v) is 19.5. The van der Waals surface area contributed by atoms with E-state index in [1.165, 1.54) is 10.1 Å². The number of nitrogens with one attached hydrogen (secondary N) is 1. The molecular weight excluding hydrogens is 711 g/mol. The van der Waals surface area contributed by atoms with Crippen LogP contribution in [0.25, 0.3) is 33.4 Å². The highest BCUT2D eigenvalue weighted by molar-refractivity contribution is 6.00. The van der Waals surface area contributed by atoms with E-state index in [4.69, 9.17) is 10.5 Å². The number of aromatic nitrogens is 4. The number of fused-ring (bicyclic) bond motifs is 1. The number of benzene rings is 3. The van der Waals surface area contributed by atoms with Crippen LogP contribution in [0.1, 0.15) is 42.9 Å². The summed E-state index contributed by atoms with van der Waals surface area (Å²) in [5.41, 5.74) is 12.7. The van der Waals surface area contributed by atoms with Gasteiger partial charge < -0.3 is 20.5 Å².